The molecule has 2 aromatic rings. The minimum absolute atomic E-state index is 0.436. The summed E-state index contributed by atoms with van der Waals surface area (Å²) >= 11 is 0. The lowest BCUT2D eigenvalue weighted by atomic mass is 10.2. The van der Waals surface area contributed by atoms with E-state index in [0.717, 1.165) is 11.8 Å². The number of anilines is 2. The van der Waals surface area contributed by atoms with Gasteiger partial charge in [-0.2, -0.15) is 0 Å². The van der Waals surface area contributed by atoms with Crippen molar-refractivity contribution in [2.45, 2.75) is 6.54 Å². The van der Waals surface area contributed by atoms with Gasteiger partial charge in [-0.25, -0.2) is 8.78 Å². The van der Waals surface area contributed by atoms with Crippen molar-refractivity contribution in [3.8, 4) is 0 Å². The normalized spacial score (nSPS) is 10.4. The molecule has 18 heavy (non-hydrogen) atoms. The van der Waals surface area contributed by atoms with Gasteiger partial charge in [0.15, 0.2) is 11.6 Å². The van der Waals surface area contributed by atoms with Crippen LogP contribution >= 0.6 is 0 Å². The molecule has 3 nitrogen and oxygen atoms in total. The molecular formula is C13H13F2N3. The quantitative estimate of drug-likeness (QED) is 0.909. The highest BCUT2D eigenvalue weighted by molar-refractivity contribution is 5.65. The molecule has 0 bridgehead atoms. The summed E-state index contributed by atoms with van der Waals surface area (Å²) in [7, 11) is 1.83. The van der Waals surface area contributed by atoms with Crippen LogP contribution in [0.2, 0.25) is 0 Å². The van der Waals surface area contributed by atoms with Crippen LogP contribution in [0, 0.1) is 11.6 Å². The largest absolute Gasteiger partial charge is 0.396 e. The standard InChI is InChI=1S/C13H13F2N3/c1-18(13-4-5-17-7-12(13)16)8-9-2-3-10(14)11(15)6-9/h2-7H,8,16H2,1H3. The molecule has 0 amide bonds. The van der Waals surface area contributed by atoms with Crippen LogP contribution in [-0.4, -0.2) is 12.0 Å². The second kappa shape index (κ2) is 5.00. The van der Waals surface area contributed by atoms with Gasteiger partial charge in [0.25, 0.3) is 0 Å². The van der Waals surface area contributed by atoms with Crippen LogP contribution in [0.5, 0.6) is 0 Å². The molecule has 2 rings (SSSR count). The number of nitrogens with zero attached hydrogens (tertiary/aromatic N) is 2. The van der Waals surface area contributed by atoms with Crippen molar-refractivity contribution in [2.24, 2.45) is 0 Å². The minimum Gasteiger partial charge on any atom is -0.396 e. The maximum absolute atomic E-state index is 13.1. The third kappa shape index (κ3) is 2.56. The van der Waals surface area contributed by atoms with Crippen LogP contribution in [0.25, 0.3) is 0 Å². The second-order valence-corrected chi connectivity index (χ2v) is 4.04. The number of rotatable bonds is 3. The lowest BCUT2D eigenvalue weighted by Crippen LogP contribution is -2.18. The van der Waals surface area contributed by atoms with E-state index in [1.165, 1.54) is 6.07 Å². The first-order valence-corrected chi connectivity index (χ1v) is 5.42. The van der Waals surface area contributed by atoms with Crippen molar-refractivity contribution in [3.05, 3.63) is 53.9 Å². The number of benzene rings is 1. The van der Waals surface area contributed by atoms with Crippen molar-refractivity contribution in [1.29, 1.82) is 0 Å². The number of pyridine rings is 1. The third-order valence-corrected chi connectivity index (χ3v) is 2.64. The first-order valence-electron chi connectivity index (χ1n) is 5.42. The van der Waals surface area contributed by atoms with E-state index in [-0.39, 0.29) is 0 Å². The molecule has 0 aliphatic rings. The predicted octanol–water partition coefficient (Wildman–Crippen LogP) is 2.58. The molecule has 0 fully saturated rings. The highest BCUT2D eigenvalue weighted by Crippen LogP contribution is 2.22. The monoisotopic (exact) mass is 249 g/mol. The van der Waals surface area contributed by atoms with Gasteiger partial charge in [0.2, 0.25) is 0 Å². The third-order valence-electron chi connectivity index (χ3n) is 2.64. The summed E-state index contributed by atoms with van der Waals surface area (Å²) in [6.45, 7) is 0.436. The van der Waals surface area contributed by atoms with Crippen molar-refractivity contribution < 1.29 is 8.78 Å². The highest BCUT2D eigenvalue weighted by atomic mass is 19.2. The van der Waals surface area contributed by atoms with E-state index >= 15 is 0 Å². The SMILES string of the molecule is CN(Cc1ccc(F)c(F)c1)c1ccncc1N. The Bertz CT molecular complexity index is 558. The Morgan fingerprint density at radius 3 is 2.67 bits per heavy atom. The Hall–Kier alpha value is -2.17. The molecule has 0 aliphatic heterocycles. The van der Waals surface area contributed by atoms with Crippen molar-refractivity contribution in [2.75, 3.05) is 17.7 Å². The molecule has 0 saturated carbocycles. The zero-order valence-corrected chi connectivity index (χ0v) is 9.90. The molecule has 0 unspecified atom stereocenters. The van der Waals surface area contributed by atoms with Gasteiger partial charge in [-0.1, -0.05) is 6.07 Å². The fraction of sp³-hybridized carbons (Fsp3) is 0.154. The van der Waals surface area contributed by atoms with E-state index in [2.05, 4.69) is 4.98 Å². The zero-order valence-electron chi connectivity index (χ0n) is 9.90. The fourth-order valence-electron chi connectivity index (χ4n) is 1.74. The average molecular weight is 249 g/mol. The summed E-state index contributed by atoms with van der Waals surface area (Å²) in [4.78, 5) is 5.75. The van der Waals surface area contributed by atoms with Crippen LogP contribution in [0.3, 0.4) is 0 Å². The topological polar surface area (TPSA) is 42.2 Å². The van der Waals surface area contributed by atoms with Crippen LogP contribution in [0.1, 0.15) is 5.56 Å². The molecule has 0 atom stereocenters. The van der Waals surface area contributed by atoms with Crippen LogP contribution in [-0.2, 0) is 6.54 Å². The van der Waals surface area contributed by atoms with Crippen molar-refractivity contribution >= 4 is 11.4 Å². The Labute approximate surface area is 104 Å². The van der Waals surface area contributed by atoms with Gasteiger partial charge in [-0.3, -0.25) is 4.98 Å². The molecule has 1 aromatic carbocycles. The number of nitrogens with two attached hydrogens (primary N) is 1. The molecule has 2 N–H and O–H groups in total. The smallest absolute Gasteiger partial charge is 0.159 e. The summed E-state index contributed by atoms with van der Waals surface area (Å²) < 4.78 is 25.9. The summed E-state index contributed by atoms with van der Waals surface area (Å²) in [5, 5.41) is 0. The Morgan fingerprint density at radius 2 is 2.00 bits per heavy atom. The van der Waals surface area contributed by atoms with Gasteiger partial charge in [0.1, 0.15) is 0 Å². The van der Waals surface area contributed by atoms with E-state index in [4.69, 9.17) is 5.73 Å². The van der Waals surface area contributed by atoms with Gasteiger partial charge in [-0.05, 0) is 23.8 Å². The molecule has 0 spiro atoms. The summed E-state index contributed by atoms with van der Waals surface area (Å²) in [5.41, 5.74) is 7.81. The van der Waals surface area contributed by atoms with E-state index in [9.17, 15) is 8.78 Å². The predicted molar refractivity (Wildman–Crippen MR) is 67.1 cm³/mol. The summed E-state index contributed by atoms with van der Waals surface area (Å²) in [6.07, 6.45) is 3.19. The van der Waals surface area contributed by atoms with Gasteiger partial charge in [0.05, 0.1) is 17.6 Å². The molecule has 1 heterocycles. The molecule has 0 radical (unpaired) electrons. The zero-order chi connectivity index (χ0) is 13.1. The van der Waals surface area contributed by atoms with Gasteiger partial charge in [0, 0.05) is 19.8 Å². The first-order chi connectivity index (χ1) is 8.58. The number of halogens is 2. The van der Waals surface area contributed by atoms with Gasteiger partial charge in [-0.15, -0.1) is 0 Å². The summed E-state index contributed by atoms with van der Waals surface area (Å²) in [5.74, 6) is -1.69. The maximum Gasteiger partial charge on any atom is 0.159 e. The molecule has 94 valence electrons. The van der Waals surface area contributed by atoms with E-state index in [1.807, 2.05) is 11.9 Å². The first kappa shape index (κ1) is 12.3. The fourth-order valence-corrected chi connectivity index (χ4v) is 1.74. The van der Waals surface area contributed by atoms with Crippen molar-refractivity contribution in [3.63, 3.8) is 0 Å². The number of hydrogen-bond donors (Lipinski definition) is 1. The maximum atomic E-state index is 13.1. The van der Waals surface area contributed by atoms with E-state index < -0.39 is 11.6 Å². The molecule has 5 heteroatoms. The Balaban J connectivity index is 2.19. The van der Waals surface area contributed by atoms with Crippen LogP contribution in [0.4, 0.5) is 20.2 Å². The van der Waals surface area contributed by atoms with Crippen molar-refractivity contribution in [1.82, 2.24) is 4.98 Å². The second-order valence-electron chi connectivity index (χ2n) is 4.04. The van der Waals surface area contributed by atoms with Crippen LogP contribution in [0.15, 0.2) is 36.7 Å². The number of hydrogen-bond acceptors (Lipinski definition) is 3. The lowest BCUT2D eigenvalue weighted by molar-refractivity contribution is 0.507. The summed E-state index contributed by atoms with van der Waals surface area (Å²) in [6, 6.07) is 5.62. The van der Waals surface area contributed by atoms with Gasteiger partial charge < -0.3 is 10.6 Å². The Kier molecular flexibility index (Phi) is 3.41. The highest BCUT2D eigenvalue weighted by Gasteiger charge is 2.08. The number of nitrogen functional groups attached to an aromatic ring is 1. The Morgan fingerprint density at radius 1 is 1.22 bits per heavy atom. The number of aromatic nitrogens is 1. The van der Waals surface area contributed by atoms with Crippen LogP contribution < -0.4 is 10.6 Å². The van der Waals surface area contributed by atoms with Gasteiger partial charge >= 0.3 is 0 Å². The van der Waals surface area contributed by atoms with E-state index in [0.29, 0.717) is 17.8 Å². The average Bonchev–Trinajstić information content (AvgIpc) is 2.34. The lowest BCUT2D eigenvalue weighted by Gasteiger charge is -2.20. The molecule has 0 saturated heterocycles. The minimum atomic E-state index is -0.844. The molecule has 1 aromatic heterocycles. The molecule has 0 aliphatic carbocycles. The molecular weight excluding hydrogens is 236 g/mol. The van der Waals surface area contributed by atoms with E-state index in [1.54, 1.807) is 24.5 Å².